The number of aromatic carboxylic acids is 1. The Morgan fingerprint density at radius 3 is 2.59 bits per heavy atom. The fourth-order valence-electron chi connectivity index (χ4n) is 2.53. The maximum Gasteiger partial charge on any atom is 0.335 e. The summed E-state index contributed by atoms with van der Waals surface area (Å²) in [5.41, 5.74) is 1.73. The number of rotatable bonds is 3. The molecule has 0 unspecified atom stereocenters. The van der Waals surface area contributed by atoms with Gasteiger partial charge in [-0.15, -0.1) is 0 Å². The van der Waals surface area contributed by atoms with Crippen LogP contribution in [0.15, 0.2) is 54.6 Å². The van der Waals surface area contributed by atoms with Gasteiger partial charge in [0.2, 0.25) is 0 Å². The maximum absolute atomic E-state index is 13.4. The van der Waals surface area contributed by atoms with Crippen molar-refractivity contribution in [2.75, 3.05) is 7.11 Å². The number of fused-ring (bicyclic) bond motifs is 1. The van der Waals surface area contributed by atoms with E-state index in [4.69, 9.17) is 9.84 Å². The number of hydrogen-bond acceptors (Lipinski definition) is 2. The highest BCUT2D eigenvalue weighted by Gasteiger charge is 2.12. The van der Waals surface area contributed by atoms with Crippen molar-refractivity contribution in [1.29, 1.82) is 0 Å². The summed E-state index contributed by atoms with van der Waals surface area (Å²) in [5.74, 6) is -0.955. The summed E-state index contributed by atoms with van der Waals surface area (Å²) in [6.45, 7) is 0. The average Bonchev–Trinajstić information content (AvgIpc) is 2.53. The summed E-state index contributed by atoms with van der Waals surface area (Å²) >= 11 is 0. The van der Waals surface area contributed by atoms with Gasteiger partial charge in [0.25, 0.3) is 0 Å². The van der Waals surface area contributed by atoms with Gasteiger partial charge in [-0.1, -0.05) is 24.3 Å². The molecule has 3 aromatic rings. The van der Waals surface area contributed by atoms with Crippen LogP contribution in [0.5, 0.6) is 5.75 Å². The first-order valence-corrected chi connectivity index (χ1v) is 6.70. The number of ether oxygens (including phenoxy) is 1. The van der Waals surface area contributed by atoms with Crippen LogP contribution < -0.4 is 4.74 Å². The van der Waals surface area contributed by atoms with Crippen molar-refractivity contribution >= 4 is 16.7 Å². The molecule has 0 saturated carbocycles. The van der Waals surface area contributed by atoms with Crippen LogP contribution in [0.2, 0.25) is 0 Å². The summed E-state index contributed by atoms with van der Waals surface area (Å²) in [6.07, 6.45) is 0. The molecule has 0 aliphatic heterocycles. The molecule has 0 heterocycles. The van der Waals surface area contributed by atoms with Gasteiger partial charge >= 0.3 is 5.97 Å². The molecule has 3 nitrogen and oxygen atoms in total. The molecule has 1 N–H and O–H groups in total. The third-order valence-corrected chi connectivity index (χ3v) is 3.58. The second kappa shape index (κ2) is 5.48. The first kappa shape index (κ1) is 14.1. The predicted octanol–water partition coefficient (Wildman–Crippen LogP) is 4.35. The Morgan fingerprint density at radius 2 is 1.86 bits per heavy atom. The van der Waals surface area contributed by atoms with E-state index in [0.717, 1.165) is 21.9 Å². The standard InChI is InChI=1S/C18H13FO3/c1-22-17-10-13(19)7-8-15(17)14-4-2-3-11-5-6-12(18(20)21)9-16(11)14/h2-10H,1H3,(H,20,21). The quantitative estimate of drug-likeness (QED) is 0.781. The van der Waals surface area contributed by atoms with Crippen LogP contribution in [-0.4, -0.2) is 18.2 Å². The average molecular weight is 296 g/mol. The molecule has 0 bridgehead atoms. The van der Waals surface area contributed by atoms with Gasteiger partial charge in [0.1, 0.15) is 11.6 Å². The molecule has 0 aromatic heterocycles. The lowest BCUT2D eigenvalue weighted by molar-refractivity contribution is 0.0697. The fraction of sp³-hybridized carbons (Fsp3) is 0.0556. The van der Waals surface area contributed by atoms with Gasteiger partial charge < -0.3 is 9.84 Å². The fourth-order valence-corrected chi connectivity index (χ4v) is 2.53. The van der Waals surface area contributed by atoms with Gasteiger partial charge in [0.15, 0.2) is 0 Å². The number of halogens is 1. The summed E-state index contributed by atoms with van der Waals surface area (Å²) in [7, 11) is 1.48. The minimum Gasteiger partial charge on any atom is -0.496 e. The van der Waals surface area contributed by atoms with Crippen LogP contribution in [0.3, 0.4) is 0 Å². The highest BCUT2D eigenvalue weighted by Crippen LogP contribution is 2.35. The van der Waals surface area contributed by atoms with Crippen LogP contribution in [0.4, 0.5) is 4.39 Å². The molecule has 3 aromatic carbocycles. The Kier molecular flexibility index (Phi) is 3.51. The maximum atomic E-state index is 13.4. The van der Waals surface area contributed by atoms with E-state index in [2.05, 4.69) is 0 Å². The van der Waals surface area contributed by atoms with E-state index in [1.165, 1.54) is 19.2 Å². The van der Waals surface area contributed by atoms with E-state index in [9.17, 15) is 9.18 Å². The Balaban J connectivity index is 2.31. The zero-order valence-corrected chi connectivity index (χ0v) is 11.8. The summed E-state index contributed by atoms with van der Waals surface area (Å²) in [6, 6.07) is 14.9. The molecule has 110 valence electrons. The lowest BCUT2D eigenvalue weighted by Gasteiger charge is -2.12. The van der Waals surface area contributed by atoms with Crippen LogP contribution in [0.25, 0.3) is 21.9 Å². The number of benzene rings is 3. The van der Waals surface area contributed by atoms with E-state index in [-0.39, 0.29) is 11.4 Å². The number of hydrogen-bond donors (Lipinski definition) is 1. The minimum absolute atomic E-state index is 0.209. The number of carboxylic acid groups (broad SMARTS) is 1. The topological polar surface area (TPSA) is 46.5 Å². The lowest BCUT2D eigenvalue weighted by Crippen LogP contribution is -1.96. The van der Waals surface area contributed by atoms with Crippen molar-refractivity contribution in [1.82, 2.24) is 0 Å². The highest BCUT2D eigenvalue weighted by molar-refractivity contribution is 6.02. The Morgan fingerprint density at radius 1 is 1.05 bits per heavy atom. The minimum atomic E-state index is -0.984. The zero-order valence-electron chi connectivity index (χ0n) is 11.8. The molecule has 22 heavy (non-hydrogen) atoms. The summed E-state index contributed by atoms with van der Waals surface area (Å²) in [4.78, 5) is 11.2. The third-order valence-electron chi connectivity index (χ3n) is 3.58. The SMILES string of the molecule is COc1cc(F)ccc1-c1cccc2ccc(C(=O)O)cc12. The van der Waals surface area contributed by atoms with Gasteiger partial charge in [-0.3, -0.25) is 0 Å². The molecule has 0 spiro atoms. The largest absolute Gasteiger partial charge is 0.496 e. The Bertz CT molecular complexity index is 871. The van der Waals surface area contributed by atoms with Crippen molar-refractivity contribution in [2.45, 2.75) is 0 Å². The highest BCUT2D eigenvalue weighted by atomic mass is 19.1. The smallest absolute Gasteiger partial charge is 0.335 e. The number of carboxylic acids is 1. The molecule has 0 fully saturated rings. The monoisotopic (exact) mass is 296 g/mol. The molecular weight excluding hydrogens is 283 g/mol. The third kappa shape index (κ3) is 2.39. The zero-order chi connectivity index (χ0) is 15.7. The number of methoxy groups -OCH3 is 1. The van der Waals surface area contributed by atoms with Crippen molar-refractivity contribution in [3.63, 3.8) is 0 Å². The van der Waals surface area contributed by atoms with E-state index in [0.29, 0.717) is 5.75 Å². The molecule has 0 atom stereocenters. The van der Waals surface area contributed by atoms with Crippen molar-refractivity contribution in [3.8, 4) is 16.9 Å². The normalized spacial score (nSPS) is 10.6. The summed E-state index contributed by atoms with van der Waals surface area (Å²) < 4.78 is 18.6. The van der Waals surface area contributed by atoms with E-state index in [1.54, 1.807) is 24.3 Å². The molecule has 0 saturated heterocycles. The second-order valence-corrected chi connectivity index (χ2v) is 4.89. The van der Waals surface area contributed by atoms with E-state index < -0.39 is 5.97 Å². The van der Waals surface area contributed by atoms with Gasteiger partial charge in [-0.25, -0.2) is 9.18 Å². The first-order chi connectivity index (χ1) is 10.6. The molecule has 3 rings (SSSR count). The molecule has 0 amide bonds. The van der Waals surface area contributed by atoms with Crippen molar-refractivity contribution in [2.24, 2.45) is 0 Å². The number of carbonyl (C=O) groups is 1. The molecule has 0 radical (unpaired) electrons. The second-order valence-electron chi connectivity index (χ2n) is 4.89. The Labute approximate surface area is 126 Å². The summed E-state index contributed by atoms with van der Waals surface area (Å²) in [5, 5.41) is 10.9. The van der Waals surface area contributed by atoms with Crippen LogP contribution in [-0.2, 0) is 0 Å². The van der Waals surface area contributed by atoms with Crippen LogP contribution in [0, 0.1) is 5.82 Å². The molecule has 4 heteroatoms. The first-order valence-electron chi connectivity index (χ1n) is 6.70. The lowest BCUT2D eigenvalue weighted by atomic mass is 9.96. The van der Waals surface area contributed by atoms with Crippen LogP contribution >= 0.6 is 0 Å². The van der Waals surface area contributed by atoms with Gasteiger partial charge in [-0.2, -0.15) is 0 Å². The molecular formula is C18H13FO3. The van der Waals surface area contributed by atoms with Gasteiger partial charge in [-0.05, 0) is 40.6 Å². The van der Waals surface area contributed by atoms with Crippen LogP contribution in [0.1, 0.15) is 10.4 Å². The van der Waals surface area contributed by atoms with E-state index >= 15 is 0 Å². The predicted molar refractivity (Wildman–Crippen MR) is 82.9 cm³/mol. The van der Waals surface area contributed by atoms with Crippen molar-refractivity contribution < 1.29 is 19.0 Å². The van der Waals surface area contributed by atoms with Crippen molar-refractivity contribution in [3.05, 3.63) is 66.0 Å². The van der Waals surface area contributed by atoms with Gasteiger partial charge in [0.05, 0.1) is 12.7 Å². The Hall–Kier alpha value is -2.88. The van der Waals surface area contributed by atoms with E-state index in [1.807, 2.05) is 18.2 Å². The molecule has 0 aliphatic rings. The van der Waals surface area contributed by atoms with Gasteiger partial charge in [0, 0.05) is 11.6 Å². The molecule has 0 aliphatic carbocycles.